The Labute approximate surface area is 206 Å². The SMILES string of the molecule is CN=C(NCCC(=O)Nc1cccc(Cl)c1C)NCCc1ccc(OC)c(OC)c1.I. The topological polar surface area (TPSA) is 84.0 Å². The number of hydrogen-bond donors (Lipinski definition) is 3. The van der Waals surface area contributed by atoms with Crippen molar-refractivity contribution in [2.75, 3.05) is 39.7 Å². The van der Waals surface area contributed by atoms with Crippen LogP contribution in [0.3, 0.4) is 0 Å². The third-order valence-corrected chi connectivity index (χ3v) is 4.97. The van der Waals surface area contributed by atoms with E-state index < -0.39 is 0 Å². The van der Waals surface area contributed by atoms with Crippen molar-refractivity contribution in [2.45, 2.75) is 19.8 Å². The molecule has 0 aliphatic heterocycles. The van der Waals surface area contributed by atoms with Gasteiger partial charge in [-0.1, -0.05) is 23.7 Å². The summed E-state index contributed by atoms with van der Waals surface area (Å²) >= 11 is 6.09. The molecule has 0 aliphatic carbocycles. The van der Waals surface area contributed by atoms with E-state index in [1.165, 1.54) is 0 Å². The molecule has 3 N–H and O–H groups in total. The van der Waals surface area contributed by atoms with Crippen LogP contribution in [0.1, 0.15) is 17.5 Å². The van der Waals surface area contributed by atoms with Crippen LogP contribution in [-0.2, 0) is 11.2 Å². The van der Waals surface area contributed by atoms with E-state index in [9.17, 15) is 4.79 Å². The Bertz CT molecular complexity index is 893. The van der Waals surface area contributed by atoms with Crippen molar-refractivity contribution >= 4 is 53.1 Å². The quantitative estimate of drug-likeness (QED) is 0.245. The van der Waals surface area contributed by atoms with Crippen molar-refractivity contribution < 1.29 is 14.3 Å². The first-order chi connectivity index (χ1) is 14.5. The van der Waals surface area contributed by atoms with Crippen molar-refractivity contribution in [1.29, 1.82) is 0 Å². The van der Waals surface area contributed by atoms with Gasteiger partial charge in [-0.25, -0.2) is 0 Å². The summed E-state index contributed by atoms with van der Waals surface area (Å²) in [5.74, 6) is 1.97. The zero-order valence-electron chi connectivity index (χ0n) is 18.3. The van der Waals surface area contributed by atoms with Crippen LogP contribution in [0.25, 0.3) is 0 Å². The van der Waals surface area contributed by atoms with Crippen molar-refractivity contribution in [3.63, 3.8) is 0 Å². The molecule has 0 unspecified atom stereocenters. The van der Waals surface area contributed by atoms with Crippen LogP contribution in [-0.4, -0.2) is 46.2 Å². The van der Waals surface area contributed by atoms with Crippen molar-refractivity contribution in [3.8, 4) is 11.5 Å². The Balaban J connectivity index is 0.00000480. The van der Waals surface area contributed by atoms with Crippen LogP contribution in [0.15, 0.2) is 41.4 Å². The van der Waals surface area contributed by atoms with E-state index >= 15 is 0 Å². The minimum Gasteiger partial charge on any atom is -0.493 e. The summed E-state index contributed by atoms with van der Waals surface area (Å²) in [7, 11) is 4.93. The van der Waals surface area contributed by atoms with Crippen molar-refractivity contribution in [2.24, 2.45) is 4.99 Å². The third kappa shape index (κ3) is 8.45. The molecular weight excluding hydrogens is 531 g/mol. The van der Waals surface area contributed by atoms with Gasteiger partial charge in [0.05, 0.1) is 14.2 Å². The first kappa shape index (κ1) is 26.8. The molecule has 0 atom stereocenters. The number of nitrogens with one attached hydrogen (secondary N) is 3. The van der Waals surface area contributed by atoms with Crippen LogP contribution >= 0.6 is 35.6 Å². The maximum absolute atomic E-state index is 12.2. The number of nitrogens with zero attached hydrogens (tertiary/aromatic N) is 1. The molecular formula is C22H30ClIN4O3. The second kappa shape index (κ2) is 14.0. The molecule has 9 heteroatoms. The predicted octanol–water partition coefficient (Wildman–Crippen LogP) is 4.02. The second-order valence-electron chi connectivity index (χ2n) is 6.58. The molecule has 2 rings (SSSR count). The number of rotatable bonds is 9. The third-order valence-electron chi connectivity index (χ3n) is 4.56. The summed E-state index contributed by atoms with van der Waals surface area (Å²) in [4.78, 5) is 16.4. The highest BCUT2D eigenvalue weighted by atomic mass is 127. The fraction of sp³-hybridized carbons (Fsp3) is 0.364. The average Bonchev–Trinajstić information content (AvgIpc) is 2.75. The van der Waals surface area contributed by atoms with Gasteiger partial charge >= 0.3 is 0 Å². The number of halogens is 2. The molecule has 2 aromatic rings. The Morgan fingerprint density at radius 2 is 1.77 bits per heavy atom. The molecule has 0 heterocycles. The highest BCUT2D eigenvalue weighted by molar-refractivity contribution is 14.0. The summed E-state index contributed by atoms with van der Waals surface area (Å²) in [5, 5.41) is 9.90. The number of benzene rings is 2. The van der Waals surface area contributed by atoms with Crippen LogP contribution < -0.4 is 25.4 Å². The zero-order chi connectivity index (χ0) is 21.9. The van der Waals surface area contributed by atoms with Gasteiger partial charge in [0.15, 0.2) is 17.5 Å². The van der Waals surface area contributed by atoms with E-state index in [4.69, 9.17) is 21.1 Å². The van der Waals surface area contributed by atoms with Gasteiger partial charge in [0.25, 0.3) is 0 Å². The fourth-order valence-corrected chi connectivity index (χ4v) is 3.01. The number of carbonyl (C=O) groups excluding carboxylic acids is 1. The standard InChI is InChI=1S/C22H29ClN4O3.HI/c1-15-17(23)6-5-7-18(15)27-21(28)11-13-26-22(24-2)25-12-10-16-8-9-19(29-3)20(14-16)30-4;/h5-9,14H,10-13H2,1-4H3,(H,27,28)(H2,24,25,26);1H. The van der Waals surface area contributed by atoms with E-state index in [2.05, 4.69) is 20.9 Å². The van der Waals surface area contributed by atoms with Gasteiger partial charge in [-0.05, 0) is 48.7 Å². The molecule has 2 aromatic carbocycles. The number of carbonyl (C=O) groups is 1. The molecule has 0 bridgehead atoms. The first-order valence-electron chi connectivity index (χ1n) is 9.68. The van der Waals surface area contributed by atoms with Gasteiger partial charge in [0.1, 0.15) is 0 Å². The normalized spacial score (nSPS) is 10.7. The van der Waals surface area contributed by atoms with Gasteiger partial charge in [0.2, 0.25) is 5.91 Å². The highest BCUT2D eigenvalue weighted by Crippen LogP contribution is 2.27. The lowest BCUT2D eigenvalue weighted by Crippen LogP contribution is -2.39. The number of anilines is 1. The van der Waals surface area contributed by atoms with E-state index in [1.807, 2.05) is 37.3 Å². The van der Waals surface area contributed by atoms with E-state index in [0.29, 0.717) is 42.0 Å². The Hall–Kier alpha value is -2.20. The van der Waals surface area contributed by atoms with Crippen molar-refractivity contribution in [1.82, 2.24) is 10.6 Å². The number of hydrogen-bond acceptors (Lipinski definition) is 4. The summed E-state index contributed by atoms with van der Waals surface area (Å²) in [6.45, 7) is 3.02. The van der Waals surface area contributed by atoms with Gasteiger partial charge in [-0.3, -0.25) is 9.79 Å². The van der Waals surface area contributed by atoms with Crippen LogP contribution in [0.4, 0.5) is 5.69 Å². The molecule has 0 spiro atoms. The predicted molar refractivity (Wildman–Crippen MR) is 137 cm³/mol. The van der Waals surface area contributed by atoms with Gasteiger partial charge in [-0.2, -0.15) is 0 Å². The molecule has 0 saturated heterocycles. The average molecular weight is 561 g/mol. The Morgan fingerprint density at radius 1 is 1.06 bits per heavy atom. The van der Waals surface area contributed by atoms with Gasteiger partial charge in [-0.15, -0.1) is 24.0 Å². The summed E-state index contributed by atoms with van der Waals surface area (Å²) in [5.41, 5.74) is 2.70. The molecule has 0 aliphatic rings. The number of amides is 1. The maximum atomic E-state index is 12.2. The van der Waals surface area contributed by atoms with Gasteiger partial charge in [0, 0.05) is 37.3 Å². The van der Waals surface area contributed by atoms with Crippen LogP contribution in [0.5, 0.6) is 11.5 Å². The number of methoxy groups -OCH3 is 2. The Kier molecular flexibility index (Phi) is 12.1. The van der Waals surface area contributed by atoms with Gasteiger partial charge < -0.3 is 25.4 Å². The second-order valence-corrected chi connectivity index (χ2v) is 6.98. The molecule has 0 radical (unpaired) electrons. The number of ether oxygens (including phenoxy) is 2. The van der Waals surface area contributed by atoms with Crippen molar-refractivity contribution in [3.05, 3.63) is 52.5 Å². The summed E-state index contributed by atoms with van der Waals surface area (Å²) < 4.78 is 10.6. The lowest BCUT2D eigenvalue weighted by Gasteiger charge is -2.13. The van der Waals surface area contributed by atoms with E-state index in [-0.39, 0.29) is 29.9 Å². The fourth-order valence-electron chi connectivity index (χ4n) is 2.83. The lowest BCUT2D eigenvalue weighted by molar-refractivity contribution is -0.116. The molecule has 0 saturated carbocycles. The smallest absolute Gasteiger partial charge is 0.226 e. The largest absolute Gasteiger partial charge is 0.493 e. The summed E-state index contributed by atoms with van der Waals surface area (Å²) in [6.07, 6.45) is 1.10. The minimum atomic E-state index is -0.0892. The maximum Gasteiger partial charge on any atom is 0.226 e. The zero-order valence-corrected chi connectivity index (χ0v) is 21.3. The molecule has 7 nitrogen and oxygen atoms in total. The molecule has 31 heavy (non-hydrogen) atoms. The monoisotopic (exact) mass is 560 g/mol. The first-order valence-corrected chi connectivity index (χ1v) is 10.1. The Morgan fingerprint density at radius 3 is 2.45 bits per heavy atom. The highest BCUT2D eigenvalue weighted by Gasteiger charge is 2.08. The molecule has 170 valence electrons. The van der Waals surface area contributed by atoms with Crippen LogP contribution in [0, 0.1) is 6.92 Å². The number of guanidine groups is 1. The molecule has 1 amide bonds. The summed E-state index contributed by atoms with van der Waals surface area (Å²) in [6, 6.07) is 11.3. The number of aliphatic imine (C=N–C) groups is 1. The minimum absolute atomic E-state index is 0. The van der Waals surface area contributed by atoms with Crippen LogP contribution in [0.2, 0.25) is 5.02 Å². The molecule has 0 fully saturated rings. The van der Waals surface area contributed by atoms with E-state index in [0.717, 1.165) is 23.2 Å². The molecule has 0 aromatic heterocycles. The van der Waals surface area contributed by atoms with E-state index in [1.54, 1.807) is 27.3 Å². The lowest BCUT2D eigenvalue weighted by atomic mass is 10.1.